The maximum atomic E-state index is 13.0. The molecule has 1 N–H and O–H groups in total. The number of ether oxygens (including phenoxy) is 1. The van der Waals surface area contributed by atoms with Crippen LogP contribution in [0.4, 0.5) is 5.69 Å². The summed E-state index contributed by atoms with van der Waals surface area (Å²) in [7, 11) is 0. The SMILES string of the molecule is CC(=O)Nc1cccc(C2=CC(C)(C)Oc3ccc(C(=O)c4ccccc4)cc32)c1. The van der Waals surface area contributed by atoms with Crippen LogP contribution >= 0.6 is 0 Å². The predicted octanol–water partition coefficient (Wildman–Crippen LogP) is 5.48. The summed E-state index contributed by atoms with van der Waals surface area (Å²) in [4.78, 5) is 24.4. The van der Waals surface area contributed by atoms with Crippen molar-refractivity contribution in [1.82, 2.24) is 0 Å². The standard InChI is InChI=1S/C26H23NO3/c1-17(28)27-21-11-7-10-19(14-21)23-16-26(2,3)30-24-13-12-20(15-22(23)24)25(29)18-8-5-4-6-9-18/h4-16H,1-3H3,(H,27,28). The Morgan fingerprint density at radius 3 is 2.37 bits per heavy atom. The second kappa shape index (κ2) is 7.64. The van der Waals surface area contributed by atoms with Crippen molar-refractivity contribution in [2.24, 2.45) is 0 Å². The van der Waals surface area contributed by atoms with E-state index in [1.807, 2.05) is 80.6 Å². The van der Waals surface area contributed by atoms with Crippen molar-refractivity contribution in [3.8, 4) is 5.75 Å². The first kappa shape index (κ1) is 19.6. The highest BCUT2D eigenvalue weighted by molar-refractivity contribution is 6.09. The van der Waals surface area contributed by atoms with Crippen LogP contribution < -0.4 is 10.1 Å². The fourth-order valence-electron chi connectivity index (χ4n) is 3.67. The third-order valence-electron chi connectivity index (χ3n) is 4.93. The first-order valence-corrected chi connectivity index (χ1v) is 9.86. The first-order valence-electron chi connectivity index (χ1n) is 9.86. The summed E-state index contributed by atoms with van der Waals surface area (Å²) < 4.78 is 6.15. The number of ketones is 1. The summed E-state index contributed by atoms with van der Waals surface area (Å²) in [5, 5.41) is 2.83. The minimum atomic E-state index is -0.503. The van der Waals surface area contributed by atoms with Gasteiger partial charge in [-0.15, -0.1) is 0 Å². The average molecular weight is 397 g/mol. The zero-order valence-corrected chi connectivity index (χ0v) is 17.2. The Bertz CT molecular complexity index is 1160. The van der Waals surface area contributed by atoms with Crippen LogP contribution in [-0.4, -0.2) is 17.3 Å². The molecular formula is C26H23NO3. The lowest BCUT2D eigenvalue weighted by atomic mass is 9.88. The van der Waals surface area contributed by atoms with Gasteiger partial charge in [0, 0.05) is 29.3 Å². The molecular weight excluding hydrogens is 374 g/mol. The van der Waals surface area contributed by atoms with Crippen molar-refractivity contribution in [2.45, 2.75) is 26.4 Å². The number of benzene rings is 3. The molecule has 0 unspecified atom stereocenters. The molecule has 3 aromatic rings. The van der Waals surface area contributed by atoms with Gasteiger partial charge < -0.3 is 10.1 Å². The quantitative estimate of drug-likeness (QED) is 0.593. The van der Waals surface area contributed by atoms with E-state index in [2.05, 4.69) is 11.4 Å². The highest BCUT2D eigenvalue weighted by atomic mass is 16.5. The summed E-state index contributed by atoms with van der Waals surface area (Å²) in [6.45, 7) is 5.48. The van der Waals surface area contributed by atoms with Crippen LogP contribution in [0.5, 0.6) is 5.75 Å². The van der Waals surface area contributed by atoms with E-state index in [0.717, 1.165) is 28.1 Å². The van der Waals surface area contributed by atoms with E-state index in [-0.39, 0.29) is 11.7 Å². The van der Waals surface area contributed by atoms with Crippen molar-refractivity contribution in [3.05, 3.63) is 101 Å². The van der Waals surface area contributed by atoms with Crippen molar-refractivity contribution in [2.75, 3.05) is 5.32 Å². The minimum Gasteiger partial charge on any atom is -0.483 e. The van der Waals surface area contributed by atoms with Gasteiger partial charge in [0.15, 0.2) is 5.78 Å². The van der Waals surface area contributed by atoms with Crippen molar-refractivity contribution in [3.63, 3.8) is 0 Å². The number of rotatable bonds is 4. The fraction of sp³-hybridized carbons (Fsp3) is 0.154. The molecule has 0 aliphatic carbocycles. The minimum absolute atomic E-state index is 0.0328. The zero-order chi connectivity index (χ0) is 21.3. The number of hydrogen-bond donors (Lipinski definition) is 1. The third kappa shape index (κ3) is 4.03. The van der Waals surface area contributed by atoms with Crippen molar-refractivity contribution < 1.29 is 14.3 Å². The van der Waals surface area contributed by atoms with Crippen molar-refractivity contribution >= 4 is 23.0 Å². The molecule has 4 rings (SSSR count). The molecule has 0 fully saturated rings. The predicted molar refractivity (Wildman–Crippen MR) is 119 cm³/mol. The number of carbonyl (C=O) groups is 2. The summed E-state index contributed by atoms with van der Waals surface area (Å²) in [6, 6.07) is 22.5. The zero-order valence-electron chi connectivity index (χ0n) is 17.2. The third-order valence-corrected chi connectivity index (χ3v) is 4.93. The molecule has 0 aromatic heterocycles. The van der Waals surface area contributed by atoms with Gasteiger partial charge in [0.2, 0.25) is 5.91 Å². The Balaban J connectivity index is 1.80. The molecule has 4 nitrogen and oxygen atoms in total. The Kier molecular flexibility index (Phi) is 5.00. The van der Waals surface area contributed by atoms with Gasteiger partial charge in [-0.2, -0.15) is 0 Å². The van der Waals surface area contributed by atoms with E-state index in [1.54, 1.807) is 6.07 Å². The Labute approximate surface area is 176 Å². The highest BCUT2D eigenvalue weighted by Crippen LogP contribution is 2.40. The van der Waals surface area contributed by atoms with Crippen LogP contribution in [0.3, 0.4) is 0 Å². The van der Waals surface area contributed by atoms with Gasteiger partial charge in [-0.1, -0.05) is 42.5 Å². The number of nitrogens with one attached hydrogen (secondary N) is 1. The van der Waals surface area contributed by atoms with E-state index >= 15 is 0 Å². The Morgan fingerprint density at radius 2 is 1.63 bits per heavy atom. The molecule has 0 radical (unpaired) electrons. The number of carbonyl (C=O) groups excluding carboxylic acids is 2. The van der Waals surface area contributed by atoms with Crippen molar-refractivity contribution in [1.29, 1.82) is 0 Å². The summed E-state index contributed by atoms with van der Waals surface area (Å²) in [5.74, 6) is 0.575. The monoisotopic (exact) mass is 397 g/mol. The molecule has 1 aliphatic rings. The fourth-order valence-corrected chi connectivity index (χ4v) is 3.67. The second-order valence-corrected chi connectivity index (χ2v) is 7.93. The van der Waals surface area contributed by atoms with Crippen LogP contribution in [-0.2, 0) is 4.79 Å². The van der Waals surface area contributed by atoms with Crippen LogP contribution in [0.15, 0.2) is 78.9 Å². The normalized spacial score (nSPS) is 14.2. The lowest BCUT2D eigenvalue weighted by Crippen LogP contribution is -2.29. The van der Waals surface area contributed by atoms with E-state index in [4.69, 9.17) is 4.74 Å². The molecule has 1 aliphatic heterocycles. The van der Waals surface area contributed by atoms with Gasteiger partial charge in [0.05, 0.1) is 0 Å². The maximum Gasteiger partial charge on any atom is 0.221 e. The average Bonchev–Trinajstić information content (AvgIpc) is 2.72. The summed E-state index contributed by atoms with van der Waals surface area (Å²) >= 11 is 0. The number of hydrogen-bond acceptors (Lipinski definition) is 3. The van der Waals surface area contributed by atoms with E-state index in [0.29, 0.717) is 11.1 Å². The number of anilines is 1. The van der Waals surface area contributed by atoms with E-state index in [9.17, 15) is 9.59 Å². The molecule has 0 saturated heterocycles. The second-order valence-electron chi connectivity index (χ2n) is 7.93. The van der Waals surface area contributed by atoms with Gasteiger partial charge in [-0.05, 0) is 61.4 Å². The molecule has 0 saturated carbocycles. The maximum absolute atomic E-state index is 13.0. The largest absolute Gasteiger partial charge is 0.483 e. The topological polar surface area (TPSA) is 55.4 Å². The Hall–Kier alpha value is -3.66. The van der Waals surface area contributed by atoms with E-state index < -0.39 is 5.60 Å². The molecule has 150 valence electrons. The molecule has 0 spiro atoms. The lowest BCUT2D eigenvalue weighted by molar-refractivity contribution is -0.114. The van der Waals surface area contributed by atoms with E-state index in [1.165, 1.54) is 6.92 Å². The smallest absolute Gasteiger partial charge is 0.221 e. The molecule has 0 bridgehead atoms. The van der Waals surface area contributed by atoms with Crippen LogP contribution in [0.1, 0.15) is 47.8 Å². The van der Waals surface area contributed by atoms with Crippen LogP contribution in [0, 0.1) is 0 Å². The number of fused-ring (bicyclic) bond motifs is 1. The number of amides is 1. The van der Waals surface area contributed by atoms with Gasteiger partial charge in [-0.3, -0.25) is 9.59 Å². The van der Waals surface area contributed by atoms with Gasteiger partial charge in [0.25, 0.3) is 0 Å². The molecule has 1 heterocycles. The van der Waals surface area contributed by atoms with Gasteiger partial charge in [-0.25, -0.2) is 0 Å². The van der Waals surface area contributed by atoms with Crippen LogP contribution in [0.25, 0.3) is 5.57 Å². The van der Waals surface area contributed by atoms with Gasteiger partial charge >= 0.3 is 0 Å². The van der Waals surface area contributed by atoms with Crippen LogP contribution in [0.2, 0.25) is 0 Å². The summed E-state index contributed by atoms with van der Waals surface area (Å²) in [5.41, 5.74) is 4.25. The molecule has 30 heavy (non-hydrogen) atoms. The lowest BCUT2D eigenvalue weighted by Gasteiger charge is -2.31. The summed E-state index contributed by atoms with van der Waals surface area (Å²) in [6.07, 6.45) is 2.05. The molecule has 4 heteroatoms. The molecule has 3 aromatic carbocycles. The molecule has 0 atom stereocenters. The highest BCUT2D eigenvalue weighted by Gasteiger charge is 2.28. The Morgan fingerprint density at radius 1 is 0.867 bits per heavy atom. The van der Waals surface area contributed by atoms with Gasteiger partial charge in [0.1, 0.15) is 11.4 Å². The molecule has 1 amide bonds. The first-order chi connectivity index (χ1) is 14.3.